The number of ether oxygens (including phenoxy) is 1. The van der Waals surface area contributed by atoms with E-state index in [1.165, 1.54) is 12.0 Å². The molecule has 0 spiro atoms. The molecule has 1 saturated heterocycles. The number of esters is 1. The lowest BCUT2D eigenvalue weighted by molar-refractivity contribution is -0.146. The summed E-state index contributed by atoms with van der Waals surface area (Å²) in [5.74, 6) is -0.295. The third-order valence-electron chi connectivity index (χ3n) is 2.10. The van der Waals surface area contributed by atoms with E-state index in [9.17, 15) is 4.79 Å². The van der Waals surface area contributed by atoms with Crippen molar-refractivity contribution in [1.82, 2.24) is 4.90 Å². The number of carbonyl (C=O) groups excluding carboxylic acids is 1. The van der Waals surface area contributed by atoms with E-state index in [0.717, 1.165) is 19.3 Å². The molecule has 0 amide bonds. The molecule has 1 atom stereocenters. The molecule has 4 heteroatoms. The molecule has 0 aliphatic carbocycles. The molecule has 0 aromatic rings. The van der Waals surface area contributed by atoms with E-state index < -0.39 is 0 Å². The Kier molecular flexibility index (Phi) is 2.92. The summed E-state index contributed by atoms with van der Waals surface area (Å²) in [5, 5.41) is 8.67. The molecule has 1 rings (SSSR count). The summed E-state index contributed by atoms with van der Waals surface area (Å²) in [6.45, 7) is 0.677. The van der Waals surface area contributed by atoms with Gasteiger partial charge in [-0.15, -0.1) is 0 Å². The Balaban J connectivity index is 2.60. The minimum Gasteiger partial charge on any atom is -0.467 e. The topological polar surface area (TPSA) is 53.3 Å². The van der Waals surface area contributed by atoms with Crippen molar-refractivity contribution >= 4 is 5.97 Å². The third kappa shape index (κ3) is 1.67. The van der Waals surface area contributed by atoms with Crippen molar-refractivity contribution in [2.75, 3.05) is 13.7 Å². The first kappa shape index (κ1) is 8.85. The van der Waals surface area contributed by atoms with E-state index in [-0.39, 0.29) is 12.0 Å². The molecule has 12 heavy (non-hydrogen) atoms. The van der Waals surface area contributed by atoms with Gasteiger partial charge in [0, 0.05) is 6.54 Å². The van der Waals surface area contributed by atoms with Gasteiger partial charge in [-0.1, -0.05) is 0 Å². The van der Waals surface area contributed by atoms with Crippen molar-refractivity contribution < 1.29 is 9.53 Å². The Labute approximate surface area is 71.7 Å². The smallest absolute Gasteiger partial charge is 0.329 e. The Morgan fingerprint density at radius 2 is 2.42 bits per heavy atom. The van der Waals surface area contributed by atoms with E-state index in [1.807, 2.05) is 6.19 Å². The molecule has 1 fully saturated rings. The summed E-state index contributed by atoms with van der Waals surface area (Å²) >= 11 is 0. The summed E-state index contributed by atoms with van der Waals surface area (Å²) in [7, 11) is 1.35. The van der Waals surface area contributed by atoms with Crippen LogP contribution < -0.4 is 0 Å². The maximum absolute atomic E-state index is 11.1. The molecule has 0 saturated carbocycles. The van der Waals surface area contributed by atoms with Crippen LogP contribution in [0.4, 0.5) is 0 Å². The van der Waals surface area contributed by atoms with Crippen LogP contribution in [0.2, 0.25) is 0 Å². The lowest BCUT2D eigenvalue weighted by Crippen LogP contribution is -2.42. The number of rotatable bonds is 1. The zero-order chi connectivity index (χ0) is 8.97. The molecule has 0 radical (unpaired) electrons. The van der Waals surface area contributed by atoms with E-state index in [0.29, 0.717) is 6.54 Å². The van der Waals surface area contributed by atoms with Gasteiger partial charge in [-0.2, -0.15) is 5.26 Å². The first-order valence-corrected chi connectivity index (χ1v) is 4.04. The maximum atomic E-state index is 11.1. The van der Waals surface area contributed by atoms with Gasteiger partial charge >= 0.3 is 5.97 Å². The van der Waals surface area contributed by atoms with Crippen LogP contribution in [0.25, 0.3) is 0 Å². The summed E-state index contributed by atoms with van der Waals surface area (Å²) in [6.07, 6.45) is 4.72. The van der Waals surface area contributed by atoms with Gasteiger partial charge in [0.25, 0.3) is 0 Å². The number of hydrogen-bond donors (Lipinski definition) is 0. The Morgan fingerprint density at radius 1 is 1.67 bits per heavy atom. The summed E-state index contributed by atoms with van der Waals surface area (Å²) in [4.78, 5) is 12.6. The number of piperidine rings is 1. The second kappa shape index (κ2) is 3.96. The molecule has 0 bridgehead atoms. The molecular weight excluding hydrogens is 156 g/mol. The van der Waals surface area contributed by atoms with Crippen molar-refractivity contribution in [2.45, 2.75) is 25.3 Å². The molecule has 0 aromatic carbocycles. The second-order valence-electron chi connectivity index (χ2n) is 2.83. The summed E-state index contributed by atoms with van der Waals surface area (Å²) in [5.41, 5.74) is 0. The molecule has 1 aliphatic heterocycles. The monoisotopic (exact) mass is 168 g/mol. The van der Waals surface area contributed by atoms with Crippen LogP contribution >= 0.6 is 0 Å². The number of likely N-dealkylation sites (tertiary alicyclic amines) is 1. The first-order chi connectivity index (χ1) is 5.79. The number of methoxy groups -OCH3 is 1. The summed E-state index contributed by atoms with van der Waals surface area (Å²) in [6, 6.07) is -0.339. The SMILES string of the molecule is COC(=O)C1CCCCN1C#N. The van der Waals surface area contributed by atoms with Crippen LogP contribution in [-0.4, -0.2) is 30.6 Å². The maximum Gasteiger partial charge on any atom is 0.329 e. The number of carbonyl (C=O) groups is 1. The van der Waals surface area contributed by atoms with Crippen LogP contribution in [0.3, 0.4) is 0 Å². The van der Waals surface area contributed by atoms with E-state index in [4.69, 9.17) is 5.26 Å². The number of nitriles is 1. The average molecular weight is 168 g/mol. The van der Waals surface area contributed by atoms with Crippen molar-refractivity contribution in [3.05, 3.63) is 0 Å². The minimum absolute atomic E-state index is 0.295. The molecule has 1 aliphatic rings. The van der Waals surface area contributed by atoms with Crippen LogP contribution in [0, 0.1) is 11.5 Å². The molecule has 4 nitrogen and oxygen atoms in total. The van der Waals surface area contributed by atoms with Gasteiger partial charge in [-0.05, 0) is 19.3 Å². The van der Waals surface area contributed by atoms with Crippen LogP contribution in [-0.2, 0) is 9.53 Å². The molecular formula is C8H12N2O2. The summed E-state index contributed by atoms with van der Waals surface area (Å²) < 4.78 is 4.59. The molecule has 1 heterocycles. The van der Waals surface area contributed by atoms with Gasteiger partial charge in [-0.3, -0.25) is 4.90 Å². The Morgan fingerprint density at radius 3 is 3.00 bits per heavy atom. The predicted octanol–water partition coefficient (Wildman–Crippen LogP) is 0.495. The fraction of sp³-hybridized carbons (Fsp3) is 0.750. The van der Waals surface area contributed by atoms with Crippen molar-refractivity contribution in [3.63, 3.8) is 0 Å². The quantitative estimate of drug-likeness (QED) is 0.422. The van der Waals surface area contributed by atoms with Crippen LogP contribution in [0.1, 0.15) is 19.3 Å². The predicted molar refractivity (Wildman–Crippen MR) is 42.0 cm³/mol. The lowest BCUT2D eigenvalue weighted by Gasteiger charge is -2.28. The fourth-order valence-corrected chi connectivity index (χ4v) is 1.43. The molecule has 1 unspecified atom stereocenters. The third-order valence-corrected chi connectivity index (χ3v) is 2.10. The normalized spacial score (nSPS) is 23.0. The first-order valence-electron chi connectivity index (χ1n) is 4.04. The largest absolute Gasteiger partial charge is 0.467 e. The van der Waals surface area contributed by atoms with Gasteiger partial charge in [0.1, 0.15) is 6.04 Å². The van der Waals surface area contributed by atoms with Gasteiger partial charge in [0.15, 0.2) is 6.19 Å². The average Bonchev–Trinajstić information content (AvgIpc) is 2.16. The van der Waals surface area contributed by atoms with Crippen LogP contribution in [0.5, 0.6) is 0 Å². The lowest BCUT2D eigenvalue weighted by atomic mass is 10.0. The Hall–Kier alpha value is -1.24. The highest BCUT2D eigenvalue weighted by molar-refractivity contribution is 5.76. The standard InChI is InChI=1S/C8H12N2O2/c1-12-8(11)7-4-2-3-5-10(7)6-9/h7H,2-5H2,1H3. The highest BCUT2D eigenvalue weighted by atomic mass is 16.5. The molecule has 66 valence electrons. The number of nitrogens with zero attached hydrogens (tertiary/aromatic N) is 2. The zero-order valence-electron chi connectivity index (χ0n) is 7.12. The second-order valence-corrected chi connectivity index (χ2v) is 2.83. The van der Waals surface area contributed by atoms with Crippen molar-refractivity contribution in [1.29, 1.82) is 5.26 Å². The van der Waals surface area contributed by atoms with Crippen molar-refractivity contribution in [2.24, 2.45) is 0 Å². The van der Waals surface area contributed by atoms with E-state index >= 15 is 0 Å². The van der Waals surface area contributed by atoms with Gasteiger partial charge in [-0.25, -0.2) is 4.79 Å². The van der Waals surface area contributed by atoms with Gasteiger partial charge in [0.05, 0.1) is 7.11 Å². The highest BCUT2D eigenvalue weighted by Gasteiger charge is 2.28. The highest BCUT2D eigenvalue weighted by Crippen LogP contribution is 2.16. The minimum atomic E-state index is -0.339. The molecule has 0 N–H and O–H groups in total. The zero-order valence-corrected chi connectivity index (χ0v) is 7.12. The Bertz CT molecular complexity index is 210. The van der Waals surface area contributed by atoms with Gasteiger partial charge in [0.2, 0.25) is 0 Å². The van der Waals surface area contributed by atoms with Crippen molar-refractivity contribution in [3.8, 4) is 6.19 Å². The fourth-order valence-electron chi connectivity index (χ4n) is 1.43. The van der Waals surface area contributed by atoms with E-state index in [1.54, 1.807) is 0 Å². The van der Waals surface area contributed by atoms with E-state index in [2.05, 4.69) is 4.74 Å². The van der Waals surface area contributed by atoms with Gasteiger partial charge < -0.3 is 4.74 Å². The van der Waals surface area contributed by atoms with Crippen LogP contribution in [0.15, 0.2) is 0 Å². The number of hydrogen-bond acceptors (Lipinski definition) is 4. The molecule has 0 aromatic heterocycles.